The third kappa shape index (κ3) is 5.68. The van der Waals surface area contributed by atoms with Crippen molar-refractivity contribution in [2.75, 3.05) is 38.5 Å². The van der Waals surface area contributed by atoms with Gasteiger partial charge in [-0.1, -0.05) is 42.5 Å². The Morgan fingerprint density at radius 3 is 2.35 bits per heavy atom. The predicted molar refractivity (Wildman–Crippen MR) is 140 cm³/mol. The van der Waals surface area contributed by atoms with Gasteiger partial charge >= 0.3 is 0 Å². The fourth-order valence-corrected chi connectivity index (χ4v) is 5.41. The third-order valence-corrected chi connectivity index (χ3v) is 7.80. The van der Waals surface area contributed by atoms with Crippen molar-refractivity contribution in [1.29, 1.82) is 0 Å². The number of carbonyl (C=O) groups excluding carboxylic acids is 1. The van der Waals surface area contributed by atoms with Gasteiger partial charge < -0.3 is 10.2 Å². The molecule has 3 aromatic carbocycles. The molecule has 3 aromatic rings. The molecule has 1 aliphatic heterocycles. The number of thiocarbonyl (C=S) groups is 1. The first-order valence-corrected chi connectivity index (χ1v) is 12.7. The van der Waals surface area contributed by atoms with Crippen LogP contribution in [0.3, 0.4) is 0 Å². The van der Waals surface area contributed by atoms with Crippen LogP contribution >= 0.6 is 12.2 Å². The summed E-state index contributed by atoms with van der Waals surface area (Å²) in [6.45, 7) is 2.37. The van der Waals surface area contributed by atoms with E-state index in [-0.39, 0.29) is 15.9 Å². The minimum absolute atomic E-state index is 0.127. The summed E-state index contributed by atoms with van der Waals surface area (Å²) in [5.74, 6) is -0.361. The number of likely N-dealkylation sites (N-methyl/N-ethyl adjacent to an activating group) is 1. The van der Waals surface area contributed by atoms with Gasteiger partial charge in [-0.05, 0) is 65.9 Å². The Morgan fingerprint density at radius 1 is 0.941 bits per heavy atom. The first-order valence-electron chi connectivity index (χ1n) is 10.9. The van der Waals surface area contributed by atoms with Crippen LogP contribution in [0, 0.1) is 0 Å². The molecule has 1 aliphatic rings. The summed E-state index contributed by atoms with van der Waals surface area (Å²) < 4.78 is 27.2. The summed E-state index contributed by atoms with van der Waals surface area (Å²) in [6, 6.07) is 20.2. The first-order chi connectivity index (χ1) is 16.3. The largest absolute Gasteiger partial charge is 0.332 e. The van der Waals surface area contributed by atoms with Gasteiger partial charge in [0.25, 0.3) is 0 Å². The van der Waals surface area contributed by atoms with Crippen molar-refractivity contribution in [2.45, 2.75) is 4.90 Å². The molecule has 1 fully saturated rings. The first kappa shape index (κ1) is 24.0. The molecule has 4 rings (SSSR count). The second-order valence-electron chi connectivity index (χ2n) is 8.08. The van der Waals surface area contributed by atoms with E-state index in [1.54, 1.807) is 30.3 Å². The minimum Gasteiger partial charge on any atom is -0.332 e. The zero-order valence-corrected chi connectivity index (χ0v) is 20.4. The van der Waals surface area contributed by atoms with E-state index in [0.29, 0.717) is 31.9 Å². The fourth-order valence-electron chi connectivity index (χ4n) is 3.76. The molecule has 1 heterocycles. The Labute approximate surface area is 205 Å². The maximum atomic E-state index is 12.8. The van der Waals surface area contributed by atoms with E-state index < -0.39 is 10.0 Å². The van der Waals surface area contributed by atoms with Gasteiger partial charge in [-0.2, -0.15) is 4.31 Å². The van der Waals surface area contributed by atoms with Crippen molar-refractivity contribution in [1.82, 2.24) is 14.5 Å². The Morgan fingerprint density at radius 2 is 1.62 bits per heavy atom. The molecule has 0 bridgehead atoms. The van der Waals surface area contributed by atoms with Gasteiger partial charge in [0.05, 0.1) is 4.90 Å². The number of hydrogen-bond donors (Lipinski definition) is 2. The summed E-state index contributed by atoms with van der Waals surface area (Å²) in [7, 11) is -1.55. The Kier molecular flexibility index (Phi) is 7.38. The van der Waals surface area contributed by atoms with Crippen LogP contribution in [0.5, 0.6) is 0 Å². The van der Waals surface area contributed by atoms with Crippen LogP contribution < -0.4 is 10.6 Å². The van der Waals surface area contributed by atoms with Crippen molar-refractivity contribution >= 4 is 55.8 Å². The van der Waals surface area contributed by atoms with Gasteiger partial charge in [-0.3, -0.25) is 10.1 Å². The lowest BCUT2D eigenvalue weighted by Gasteiger charge is -2.31. The maximum Gasteiger partial charge on any atom is 0.250 e. The van der Waals surface area contributed by atoms with Crippen molar-refractivity contribution in [3.63, 3.8) is 0 Å². The molecule has 1 saturated heterocycles. The SMILES string of the molecule is CN1CCN(S(=O)(=O)c2ccc(NC(=S)NC(=O)/C=C/c3cccc4ccccc34)cc2)CC1. The summed E-state index contributed by atoms with van der Waals surface area (Å²) in [5, 5.41) is 7.81. The number of nitrogens with one attached hydrogen (secondary N) is 2. The number of amides is 1. The number of nitrogens with zero attached hydrogens (tertiary/aromatic N) is 2. The van der Waals surface area contributed by atoms with Crippen molar-refractivity contribution in [3.05, 3.63) is 78.4 Å². The molecule has 0 radical (unpaired) electrons. The summed E-state index contributed by atoms with van der Waals surface area (Å²) in [6.07, 6.45) is 3.18. The highest BCUT2D eigenvalue weighted by Crippen LogP contribution is 2.21. The molecule has 34 heavy (non-hydrogen) atoms. The third-order valence-electron chi connectivity index (χ3n) is 5.69. The second-order valence-corrected chi connectivity index (χ2v) is 10.4. The van der Waals surface area contributed by atoms with E-state index in [1.807, 2.05) is 49.5 Å². The maximum absolute atomic E-state index is 12.8. The smallest absolute Gasteiger partial charge is 0.250 e. The number of fused-ring (bicyclic) bond motifs is 1. The number of sulfonamides is 1. The van der Waals surface area contributed by atoms with Crippen molar-refractivity contribution < 1.29 is 13.2 Å². The monoisotopic (exact) mass is 494 g/mol. The number of anilines is 1. The Hall–Kier alpha value is -3.11. The summed E-state index contributed by atoms with van der Waals surface area (Å²) in [5.41, 5.74) is 1.52. The van der Waals surface area contributed by atoms with Gasteiger partial charge in [0.15, 0.2) is 5.11 Å². The average molecular weight is 495 g/mol. The van der Waals surface area contributed by atoms with Crippen molar-refractivity contribution in [2.24, 2.45) is 0 Å². The second kappa shape index (κ2) is 10.4. The van der Waals surface area contributed by atoms with Crippen LogP contribution in [0.1, 0.15) is 5.56 Å². The molecule has 9 heteroatoms. The quantitative estimate of drug-likeness (QED) is 0.419. The lowest BCUT2D eigenvalue weighted by atomic mass is 10.0. The zero-order chi connectivity index (χ0) is 24.1. The van der Waals surface area contributed by atoms with Crippen LogP contribution in [0.15, 0.2) is 77.7 Å². The van der Waals surface area contributed by atoms with Gasteiger partial charge in [-0.25, -0.2) is 8.42 Å². The number of hydrogen-bond acceptors (Lipinski definition) is 5. The zero-order valence-electron chi connectivity index (χ0n) is 18.8. The molecule has 176 valence electrons. The average Bonchev–Trinajstić information content (AvgIpc) is 2.83. The molecule has 7 nitrogen and oxygen atoms in total. The van der Waals surface area contributed by atoms with E-state index in [1.165, 1.54) is 10.4 Å². The topological polar surface area (TPSA) is 81.8 Å². The van der Waals surface area contributed by atoms with Crippen LogP contribution in [-0.4, -0.2) is 61.9 Å². The van der Waals surface area contributed by atoms with Crippen LogP contribution in [-0.2, 0) is 14.8 Å². The molecular formula is C25H26N4O3S2. The number of piperazine rings is 1. The number of carbonyl (C=O) groups is 1. The molecule has 1 amide bonds. The molecule has 0 spiro atoms. The predicted octanol–water partition coefficient (Wildman–Crippen LogP) is 3.30. The number of rotatable bonds is 5. The van der Waals surface area contributed by atoms with Gasteiger partial charge in [-0.15, -0.1) is 0 Å². The minimum atomic E-state index is -3.53. The fraction of sp³-hybridized carbons (Fsp3) is 0.200. The van der Waals surface area contributed by atoms with Crippen LogP contribution in [0.4, 0.5) is 5.69 Å². The van der Waals surface area contributed by atoms with Crippen LogP contribution in [0.25, 0.3) is 16.8 Å². The summed E-state index contributed by atoms with van der Waals surface area (Å²) >= 11 is 5.23. The van der Waals surface area contributed by atoms with Crippen LogP contribution in [0.2, 0.25) is 0 Å². The lowest BCUT2D eigenvalue weighted by molar-refractivity contribution is -0.115. The van der Waals surface area contributed by atoms with Gasteiger partial charge in [0.2, 0.25) is 15.9 Å². The molecule has 0 aliphatic carbocycles. The van der Waals surface area contributed by atoms with Gasteiger partial charge in [0.1, 0.15) is 0 Å². The Bertz CT molecular complexity index is 1320. The molecule has 0 saturated carbocycles. The Balaban J connectivity index is 1.34. The van der Waals surface area contributed by atoms with E-state index in [0.717, 1.165) is 16.3 Å². The van der Waals surface area contributed by atoms with Crippen molar-refractivity contribution in [3.8, 4) is 0 Å². The van der Waals surface area contributed by atoms with E-state index in [2.05, 4.69) is 15.5 Å². The highest BCUT2D eigenvalue weighted by Gasteiger charge is 2.27. The highest BCUT2D eigenvalue weighted by atomic mass is 32.2. The molecular weight excluding hydrogens is 468 g/mol. The highest BCUT2D eigenvalue weighted by molar-refractivity contribution is 7.89. The molecule has 2 N–H and O–H groups in total. The number of benzene rings is 3. The van der Waals surface area contributed by atoms with Gasteiger partial charge in [0, 0.05) is 37.9 Å². The standard InChI is InChI=1S/C25H26N4O3S2/c1-28-15-17-29(18-16-28)34(31,32)22-12-10-21(11-13-22)26-25(33)27-24(30)14-9-20-7-4-6-19-5-2-3-8-23(19)20/h2-14H,15-18H2,1H3,(H2,26,27,30,33)/b14-9+. The lowest BCUT2D eigenvalue weighted by Crippen LogP contribution is -2.46. The molecule has 0 unspecified atom stereocenters. The normalized spacial score (nSPS) is 15.4. The van der Waals surface area contributed by atoms with E-state index >= 15 is 0 Å². The van der Waals surface area contributed by atoms with E-state index in [9.17, 15) is 13.2 Å². The summed E-state index contributed by atoms with van der Waals surface area (Å²) in [4.78, 5) is 14.7. The molecule has 0 aromatic heterocycles. The molecule has 0 atom stereocenters. The van der Waals surface area contributed by atoms with E-state index in [4.69, 9.17) is 12.2 Å².